The lowest BCUT2D eigenvalue weighted by Crippen LogP contribution is -2.28. The van der Waals surface area contributed by atoms with Crippen molar-refractivity contribution in [1.29, 1.82) is 0 Å². The van der Waals surface area contributed by atoms with E-state index in [1.54, 1.807) is 12.4 Å². The van der Waals surface area contributed by atoms with Crippen molar-refractivity contribution < 1.29 is 14.3 Å². The monoisotopic (exact) mass is 407 g/mol. The number of nitrogens with one attached hydrogen (secondary N) is 1. The third kappa shape index (κ3) is 4.49. The number of ether oxygens (including phenoxy) is 2. The number of imidazole rings is 1. The molecule has 1 aliphatic heterocycles. The summed E-state index contributed by atoms with van der Waals surface area (Å²) in [4.78, 5) is 25.5. The van der Waals surface area contributed by atoms with Crippen LogP contribution in [0, 0.1) is 26.7 Å². The van der Waals surface area contributed by atoms with Gasteiger partial charge in [0.2, 0.25) is 11.8 Å². The van der Waals surface area contributed by atoms with Crippen molar-refractivity contribution in [2.24, 2.45) is 5.92 Å². The van der Waals surface area contributed by atoms with Crippen LogP contribution in [0.3, 0.4) is 0 Å². The highest BCUT2D eigenvalue weighted by molar-refractivity contribution is 5.92. The van der Waals surface area contributed by atoms with Crippen LogP contribution in [-0.2, 0) is 9.53 Å². The van der Waals surface area contributed by atoms with Crippen LogP contribution in [0.5, 0.6) is 11.6 Å². The summed E-state index contributed by atoms with van der Waals surface area (Å²) in [5.41, 5.74) is 2.71. The number of nitrogens with zero attached hydrogens (tertiary/aromatic N) is 4. The zero-order valence-corrected chi connectivity index (χ0v) is 17.4. The molecule has 1 N–H and O–H groups in total. The molecule has 1 saturated heterocycles. The molecule has 0 saturated carbocycles. The minimum Gasteiger partial charge on any atom is -0.439 e. The Bertz CT molecular complexity index is 1040. The molecule has 0 aliphatic carbocycles. The number of hydrogen-bond acceptors (Lipinski definition) is 6. The Labute approximate surface area is 175 Å². The van der Waals surface area contributed by atoms with Crippen LogP contribution < -0.4 is 10.1 Å². The van der Waals surface area contributed by atoms with Crippen molar-refractivity contribution in [3.63, 3.8) is 0 Å². The van der Waals surface area contributed by atoms with Gasteiger partial charge in [-0.15, -0.1) is 0 Å². The molecule has 30 heavy (non-hydrogen) atoms. The van der Waals surface area contributed by atoms with Crippen molar-refractivity contribution in [3.05, 3.63) is 53.9 Å². The molecular formula is C22H25N5O3. The topological polar surface area (TPSA) is 91.2 Å². The van der Waals surface area contributed by atoms with Crippen molar-refractivity contribution in [2.45, 2.75) is 33.6 Å². The molecule has 2 aromatic heterocycles. The highest BCUT2D eigenvalue weighted by Crippen LogP contribution is 2.25. The molecule has 3 heterocycles. The van der Waals surface area contributed by atoms with Crippen LogP contribution in [0.2, 0.25) is 0 Å². The molecule has 0 atom stereocenters. The molecule has 3 aromatic rings. The Morgan fingerprint density at radius 2 is 1.87 bits per heavy atom. The molecule has 0 spiro atoms. The van der Waals surface area contributed by atoms with Gasteiger partial charge < -0.3 is 14.8 Å². The van der Waals surface area contributed by atoms with Crippen LogP contribution in [0.15, 0.2) is 36.7 Å². The summed E-state index contributed by atoms with van der Waals surface area (Å²) < 4.78 is 13.2. The standard InChI is InChI=1S/C22H25N5O3/c1-14-15(2)27(13-23-14)20-12-21(25-16(3)24-20)30-19-6-4-18(5-7-19)26-22(28)17-8-10-29-11-9-17/h4-7,12-13,17H,8-11H2,1-3H3,(H,26,28). The van der Waals surface area contributed by atoms with Gasteiger partial charge in [0.25, 0.3) is 0 Å². The number of amides is 1. The van der Waals surface area contributed by atoms with E-state index < -0.39 is 0 Å². The fourth-order valence-electron chi connectivity index (χ4n) is 3.36. The van der Waals surface area contributed by atoms with E-state index in [9.17, 15) is 4.79 Å². The lowest BCUT2D eigenvalue weighted by atomic mass is 9.99. The van der Waals surface area contributed by atoms with Crippen molar-refractivity contribution in [2.75, 3.05) is 18.5 Å². The Balaban J connectivity index is 1.45. The van der Waals surface area contributed by atoms with E-state index in [0.717, 1.165) is 29.9 Å². The summed E-state index contributed by atoms with van der Waals surface area (Å²) in [6.45, 7) is 7.06. The third-order valence-corrected chi connectivity index (χ3v) is 5.24. The second-order valence-electron chi connectivity index (χ2n) is 7.40. The second kappa shape index (κ2) is 8.62. The average molecular weight is 407 g/mol. The molecule has 1 aromatic carbocycles. The summed E-state index contributed by atoms with van der Waals surface area (Å²) in [6, 6.07) is 9.05. The number of aryl methyl sites for hydroxylation is 2. The van der Waals surface area contributed by atoms with Crippen LogP contribution in [0.1, 0.15) is 30.1 Å². The van der Waals surface area contributed by atoms with Gasteiger partial charge in [-0.1, -0.05) is 0 Å². The highest BCUT2D eigenvalue weighted by atomic mass is 16.5. The first kappa shape index (κ1) is 20.0. The summed E-state index contributed by atoms with van der Waals surface area (Å²) in [7, 11) is 0. The van der Waals surface area contributed by atoms with Crippen LogP contribution >= 0.6 is 0 Å². The lowest BCUT2D eigenvalue weighted by Gasteiger charge is -2.21. The first-order chi connectivity index (χ1) is 14.5. The number of anilines is 1. The molecule has 1 aliphatic rings. The number of rotatable bonds is 5. The summed E-state index contributed by atoms with van der Waals surface area (Å²) in [5.74, 6) is 2.43. The maximum absolute atomic E-state index is 12.4. The number of carbonyl (C=O) groups is 1. The molecule has 1 amide bonds. The van der Waals surface area contributed by atoms with Crippen molar-refractivity contribution >= 4 is 11.6 Å². The maximum atomic E-state index is 12.4. The second-order valence-corrected chi connectivity index (χ2v) is 7.40. The minimum atomic E-state index is 0.00682. The molecule has 156 valence electrons. The summed E-state index contributed by atoms with van der Waals surface area (Å²) in [6.07, 6.45) is 3.27. The van der Waals surface area contributed by atoms with E-state index in [-0.39, 0.29) is 11.8 Å². The predicted molar refractivity (Wildman–Crippen MR) is 112 cm³/mol. The van der Waals surface area contributed by atoms with E-state index >= 15 is 0 Å². The normalized spacial score (nSPS) is 14.5. The zero-order valence-electron chi connectivity index (χ0n) is 17.4. The quantitative estimate of drug-likeness (QED) is 0.693. The minimum absolute atomic E-state index is 0.00682. The molecule has 0 unspecified atom stereocenters. The summed E-state index contributed by atoms with van der Waals surface area (Å²) >= 11 is 0. The third-order valence-electron chi connectivity index (χ3n) is 5.24. The molecule has 0 bridgehead atoms. The van der Waals surface area contributed by atoms with E-state index in [0.29, 0.717) is 36.5 Å². The van der Waals surface area contributed by atoms with E-state index in [4.69, 9.17) is 9.47 Å². The van der Waals surface area contributed by atoms with Gasteiger partial charge in [-0.2, -0.15) is 4.98 Å². The van der Waals surface area contributed by atoms with E-state index in [1.165, 1.54) is 0 Å². The number of aromatic nitrogens is 4. The molecule has 8 heteroatoms. The van der Waals surface area contributed by atoms with Gasteiger partial charge in [0.1, 0.15) is 23.7 Å². The van der Waals surface area contributed by atoms with E-state index in [2.05, 4.69) is 20.3 Å². The maximum Gasteiger partial charge on any atom is 0.227 e. The Morgan fingerprint density at radius 1 is 1.13 bits per heavy atom. The number of hydrogen-bond donors (Lipinski definition) is 1. The lowest BCUT2D eigenvalue weighted by molar-refractivity contribution is -0.122. The van der Waals surface area contributed by atoms with Crippen LogP contribution in [-0.4, -0.2) is 38.6 Å². The van der Waals surface area contributed by atoms with Gasteiger partial charge in [0.05, 0.1) is 5.69 Å². The fourth-order valence-corrected chi connectivity index (χ4v) is 3.36. The van der Waals surface area contributed by atoms with Crippen molar-refractivity contribution in [3.8, 4) is 17.4 Å². The van der Waals surface area contributed by atoms with Crippen LogP contribution in [0.25, 0.3) is 5.82 Å². The van der Waals surface area contributed by atoms with E-state index in [1.807, 2.05) is 49.6 Å². The van der Waals surface area contributed by atoms with Gasteiger partial charge in [0.15, 0.2) is 0 Å². The largest absolute Gasteiger partial charge is 0.439 e. The average Bonchev–Trinajstić information content (AvgIpc) is 3.08. The smallest absolute Gasteiger partial charge is 0.227 e. The Morgan fingerprint density at radius 3 is 2.53 bits per heavy atom. The zero-order chi connectivity index (χ0) is 21.1. The van der Waals surface area contributed by atoms with Gasteiger partial charge in [-0.05, 0) is 57.9 Å². The van der Waals surface area contributed by atoms with Crippen molar-refractivity contribution in [1.82, 2.24) is 19.5 Å². The fraction of sp³-hybridized carbons (Fsp3) is 0.364. The first-order valence-corrected chi connectivity index (χ1v) is 10.0. The molecular weight excluding hydrogens is 382 g/mol. The molecule has 4 rings (SSSR count). The first-order valence-electron chi connectivity index (χ1n) is 10.0. The molecule has 8 nitrogen and oxygen atoms in total. The number of carbonyl (C=O) groups excluding carboxylic acids is 1. The van der Waals surface area contributed by atoms with Gasteiger partial charge >= 0.3 is 0 Å². The molecule has 0 radical (unpaired) electrons. The Kier molecular flexibility index (Phi) is 5.76. The summed E-state index contributed by atoms with van der Waals surface area (Å²) in [5, 5.41) is 2.97. The van der Waals surface area contributed by atoms with Gasteiger partial charge in [-0.25, -0.2) is 9.97 Å². The highest BCUT2D eigenvalue weighted by Gasteiger charge is 2.21. The van der Waals surface area contributed by atoms with Crippen LogP contribution in [0.4, 0.5) is 5.69 Å². The van der Waals surface area contributed by atoms with Gasteiger partial charge in [0, 0.05) is 36.6 Å². The Hall–Kier alpha value is -3.26. The van der Waals surface area contributed by atoms with Gasteiger partial charge in [-0.3, -0.25) is 9.36 Å². The number of benzene rings is 1. The predicted octanol–water partition coefficient (Wildman–Crippen LogP) is 3.74. The molecule has 1 fully saturated rings. The SMILES string of the molecule is Cc1nc(Oc2ccc(NC(=O)C3CCOCC3)cc2)cc(-n2cnc(C)c2C)n1.